The topological polar surface area (TPSA) is 75.0 Å². The van der Waals surface area contributed by atoms with Crippen LogP contribution < -0.4 is 19.8 Å². The van der Waals surface area contributed by atoms with Crippen LogP contribution in [0.1, 0.15) is 27.9 Å². The summed E-state index contributed by atoms with van der Waals surface area (Å²) in [5.74, 6) is 1.49. The molecule has 2 aromatic carbocycles. The molecule has 0 spiro atoms. The van der Waals surface area contributed by atoms with E-state index < -0.39 is 0 Å². The van der Waals surface area contributed by atoms with Gasteiger partial charge in [0, 0.05) is 29.0 Å². The summed E-state index contributed by atoms with van der Waals surface area (Å²) in [7, 11) is 0. The highest BCUT2D eigenvalue weighted by Crippen LogP contribution is 2.30. The number of carbonyl (C=O) groups excluding carboxylic acids is 1. The molecular formula is C22H20O6. The Morgan fingerprint density at radius 1 is 1.00 bits per heavy atom. The molecule has 1 aliphatic heterocycles. The highest BCUT2D eigenvalue weighted by molar-refractivity contribution is 5.98. The Bertz CT molecular complexity index is 1110. The molecule has 1 aromatic heterocycles. The van der Waals surface area contributed by atoms with Crippen LogP contribution in [0.4, 0.5) is 0 Å². The molecule has 0 aliphatic carbocycles. The van der Waals surface area contributed by atoms with Gasteiger partial charge in [0.2, 0.25) is 0 Å². The zero-order valence-electron chi connectivity index (χ0n) is 15.7. The van der Waals surface area contributed by atoms with Crippen LogP contribution in [-0.2, 0) is 0 Å². The average Bonchev–Trinajstić information content (AvgIpc) is 2.95. The fourth-order valence-corrected chi connectivity index (χ4v) is 3.09. The zero-order chi connectivity index (χ0) is 19.7. The number of aryl methyl sites for hydroxylation is 1. The first kappa shape index (κ1) is 18.1. The van der Waals surface area contributed by atoms with E-state index in [-0.39, 0.29) is 18.0 Å². The van der Waals surface area contributed by atoms with Gasteiger partial charge in [0.05, 0.1) is 13.2 Å². The molecule has 144 valence electrons. The van der Waals surface area contributed by atoms with Crippen molar-refractivity contribution in [2.24, 2.45) is 0 Å². The molecule has 0 bridgehead atoms. The lowest BCUT2D eigenvalue weighted by Crippen LogP contribution is -2.12. The van der Waals surface area contributed by atoms with Crippen LogP contribution in [0.25, 0.3) is 11.0 Å². The molecule has 0 unspecified atom stereocenters. The molecule has 0 N–H and O–H groups in total. The summed E-state index contributed by atoms with van der Waals surface area (Å²) in [6, 6.07) is 10.3. The third-order valence-electron chi connectivity index (χ3n) is 4.87. The number of hydrogen-bond acceptors (Lipinski definition) is 6. The highest BCUT2D eigenvalue weighted by Gasteiger charge is 2.15. The van der Waals surface area contributed by atoms with Crippen LogP contribution in [-0.4, -0.2) is 25.6 Å². The van der Waals surface area contributed by atoms with Crippen molar-refractivity contribution in [1.29, 1.82) is 0 Å². The second-order valence-electron chi connectivity index (χ2n) is 6.72. The van der Waals surface area contributed by atoms with Crippen LogP contribution >= 0.6 is 0 Å². The summed E-state index contributed by atoms with van der Waals surface area (Å²) in [5.41, 5.74) is 2.02. The van der Waals surface area contributed by atoms with Gasteiger partial charge in [-0.15, -0.1) is 0 Å². The van der Waals surface area contributed by atoms with Gasteiger partial charge in [-0.1, -0.05) is 0 Å². The van der Waals surface area contributed by atoms with E-state index in [2.05, 4.69) is 0 Å². The quantitative estimate of drug-likeness (QED) is 0.506. The van der Waals surface area contributed by atoms with Crippen molar-refractivity contribution < 1.29 is 23.4 Å². The molecule has 0 saturated heterocycles. The van der Waals surface area contributed by atoms with E-state index in [1.165, 1.54) is 0 Å². The van der Waals surface area contributed by atoms with Gasteiger partial charge in [-0.25, -0.2) is 4.79 Å². The fourth-order valence-electron chi connectivity index (χ4n) is 3.09. The maximum Gasteiger partial charge on any atom is 0.339 e. The van der Waals surface area contributed by atoms with Crippen LogP contribution in [0.5, 0.6) is 17.2 Å². The molecule has 28 heavy (non-hydrogen) atoms. The van der Waals surface area contributed by atoms with Crippen molar-refractivity contribution >= 4 is 16.8 Å². The lowest BCUT2D eigenvalue weighted by atomic mass is 10.1. The number of rotatable bonds is 4. The molecule has 6 nitrogen and oxygen atoms in total. The van der Waals surface area contributed by atoms with Gasteiger partial charge >= 0.3 is 5.63 Å². The van der Waals surface area contributed by atoms with E-state index in [1.807, 2.05) is 13.0 Å². The van der Waals surface area contributed by atoms with Crippen LogP contribution in [0, 0.1) is 13.8 Å². The summed E-state index contributed by atoms with van der Waals surface area (Å²) in [6.07, 6.45) is 0.804. The molecule has 1 aliphatic rings. The minimum absolute atomic E-state index is 0.139. The minimum Gasteiger partial charge on any atom is -0.490 e. The molecule has 6 heteroatoms. The molecule has 0 atom stereocenters. The number of carbonyl (C=O) groups is 1. The number of hydrogen-bond donors (Lipinski definition) is 0. The Morgan fingerprint density at radius 3 is 2.61 bits per heavy atom. The molecule has 4 rings (SSSR count). The normalized spacial score (nSPS) is 13.2. The highest BCUT2D eigenvalue weighted by atomic mass is 16.5. The van der Waals surface area contributed by atoms with Crippen molar-refractivity contribution in [3.63, 3.8) is 0 Å². The standard InChI is InChI=1S/C22H20O6/c1-13-14(2)22(24)28-20-11-16(5-6-17(13)20)27-12-18(23)15-4-7-19-21(10-15)26-9-3-8-25-19/h4-7,10-11H,3,8-9,12H2,1-2H3. The van der Waals surface area contributed by atoms with Gasteiger partial charge in [-0.3, -0.25) is 4.79 Å². The SMILES string of the molecule is Cc1c(C)c2ccc(OCC(=O)c3ccc4c(c3)OCCCO4)cc2oc1=O. The number of ketones is 1. The van der Waals surface area contributed by atoms with Gasteiger partial charge in [-0.05, 0) is 49.7 Å². The second kappa shape index (κ2) is 7.38. The predicted octanol–water partition coefficient (Wildman–Crippen LogP) is 3.83. The largest absolute Gasteiger partial charge is 0.490 e. The molecule has 0 fully saturated rings. The number of Topliss-reactive ketones (excluding diaryl/α,β-unsaturated/α-hetero) is 1. The third kappa shape index (κ3) is 3.45. The number of benzene rings is 2. The van der Waals surface area contributed by atoms with Gasteiger partial charge in [-0.2, -0.15) is 0 Å². The molecule has 2 heterocycles. The first-order valence-electron chi connectivity index (χ1n) is 9.12. The van der Waals surface area contributed by atoms with Crippen molar-refractivity contribution in [2.75, 3.05) is 19.8 Å². The van der Waals surface area contributed by atoms with Crippen molar-refractivity contribution in [3.8, 4) is 17.2 Å². The van der Waals surface area contributed by atoms with Crippen molar-refractivity contribution in [3.05, 3.63) is 63.5 Å². The zero-order valence-corrected chi connectivity index (χ0v) is 15.7. The Balaban J connectivity index is 1.51. The van der Waals surface area contributed by atoms with E-state index in [0.29, 0.717) is 47.2 Å². The fraction of sp³-hybridized carbons (Fsp3) is 0.273. The number of ether oxygens (including phenoxy) is 3. The minimum atomic E-state index is -0.370. The summed E-state index contributed by atoms with van der Waals surface area (Å²) in [5, 5.41) is 0.846. The van der Waals surface area contributed by atoms with Gasteiger partial charge in [0.15, 0.2) is 23.9 Å². The van der Waals surface area contributed by atoms with E-state index >= 15 is 0 Å². The molecule has 0 saturated carbocycles. The average molecular weight is 380 g/mol. The van der Waals surface area contributed by atoms with E-state index in [4.69, 9.17) is 18.6 Å². The Kier molecular flexibility index (Phi) is 4.77. The van der Waals surface area contributed by atoms with E-state index in [0.717, 1.165) is 17.4 Å². The molecule has 0 amide bonds. The van der Waals surface area contributed by atoms with E-state index in [1.54, 1.807) is 37.3 Å². The van der Waals surface area contributed by atoms with Crippen molar-refractivity contribution in [2.45, 2.75) is 20.3 Å². The lowest BCUT2D eigenvalue weighted by molar-refractivity contribution is 0.0921. The van der Waals surface area contributed by atoms with Crippen LogP contribution in [0.15, 0.2) is 45.6 Å². The monoisotopic (exact) mass is 380 g/mol. The summed E-state index contributed by atoms with van der Waals surface area (Å²) >= 11 is 0. The maximum atomic E-state index is 12.5. The predicted molar refractivity (Wildman–Crippen MR) is 104 cm³/mol. The van der Waals surface area contributed by atoms with Crippen molar-refractivity contribution in [1.82, 2.24) is 0 Å². The summed E-state index contributed by atoms with van der Waals surface area (Å²) in [6.45, 7) is 4.63. The summed E-state index contributed by atoms with van der Waals surface area (Å²) < 4.78 is 22.2. The first-order chi connectivity index (χ1) is 13.5. The van der Waals surface area contributed by atoms with Gasteiger partial charge in [0.25, 0.3) is 0 Å². The summed E-state index contributed by atoms with van der Waals surface area (Å²) in [4.78, 5) is 24.4. The third-order valence-corrected chi connectivity index (χ3v) is 4.87. The smallest absolute Gasteiger partial charge is 0.339 e. The molecule has 0 radical (unpaired) electrons. The van der Waals surface area contributed by atoms with Gasteiger partial charge in [0.1, 0.15) is 11.3 Å². The second-order valence-corrected chi connectivity index (χ2v) is 6.72. The Morgan fingerprint density at radius 2 is 1.79 bits per heavy atom. The first-order valence-corrected chi connectivity index (χ1v) is 9.12. The van der Waals surface area contributed by atoms with Crippen LogP contribution in [0.3, 0.4) is 0 Å². The molecule has 3 aromatic rings. The van der Waals surface area contributed by atoms with Gasteiger partial charge < -0.3 is 18.6 Å². The van der Waals surface area contributed by atoms with Crippen LogP contribution in [0.2, 0.25) is 0 Å². The molecular weight excluding hydrogens is 360 g/mol. The maximum absolute atomic E-state index is 12.5. The van der Waals surface area contributed by atoms with E-state index in [9.17, 15) is 9.59 Å². The Labute approximate surface area is 161 Å². The lowest BCUT2D eigenvalue weighted by Gasteiger charge is -2.10. The number of fused-ring (bicyclic) bond motifs is 2. The Hall–Kier alpha value is -3.28.